The van der Waals surface area contributed by atoms with Gasteiger partial charge in [-0.2, -0.15) is 0 Å². The van der Waals surface area contributed by atoms with Crippen LogP contribution < -0.4 is 11.1 Å². The van der Waals surface area contributed by atoms with E-state index in [1.807, 2.05) is 6.92 Å². The molecule has 0 spiro atoms. The quantitative estimate of drug-likeness (QED) is 0.740. The van der Waals surface area contributed by atoms with E-state index in [4.69, 9.17) is 5.73 Å². The molecule has 17 heavy (non-hydrogen) atoms. The lowest BCUT2D eigenvalue weighted by Crippen LogP contribution is -2.40. The Kier molecular flexibility index (Phi) is 4.97. The number of carbonyl (C=O) groups excluding carboxylic acids is 2. The molecule has 0 heterocycles. The molecule has 98 valence electrons. The fourth-order valence-corrected chi connectivity index (χ4v) is 2.82. The first-order chi connectivity index (χ1) is 8.05. The third-order valence-corrected chi connectivity index (χ3v) is 3.76. The molecular formula is C13H24N2O2. The Morgan fingerprint density at radius 1 is 1.35 bits per heavy atom. The van der Waals surface area contributed by atoms with Gasteiger partial charge in [0.1, 0.15) is 0 Å². The summed E-state index contributed by atoms with van der Waals surface area (Å²) in [7, 11) is 0. The predicted molar refractivity (Wildman–Crippen MR) is 67.2 cm³/mol. The first kappa shape index (κ1) is 14.0. The first-order valence-corrected chi connectivity index (χ1v) is 6.63. The maximum Gasteiger partial charge on any atom is 0.226 e. The molecule has 0 aliphatic heterocycles. The van der Waals surface area contributed by atoms with E-state index in [1.165, 1.54) is 0 Å². The Balaban J connectivity index is 2.70. The summed E-state index contributed by atoms with van der Waals surface area (Å²) in [4.78, 5) is 23.4. The fraction of sp³-hybridized carbons (Fsp3) is 0.846. The van der Waals surface area contributed by atoms with Gasteiger partial charge in [-0.05, 0) is 32.1 Å². The molecule has 1 fully saturated rings. The Labute approximate surface area is 103 Å². The predicted octanol–water partition coefficient (Wildman–Crippen LogP) is 1.58. The van der Waals surface area contributed by atoms with Crippen molar-refractivity contribution in [2.24, 2.45) is 17.1 Å². The van der Waals surface area contributed by atoms with Gasteiger partial charge < -0.3 is 11.1 Å². The van der Waals surface area contributed by atoms with Crippen LogP contribution in [-0.2, 0) is 9.59 Å². The molecule has 3 N–H and O–H groups in total. The average Bonchev–Trinajstić information content (AvgIpc) is 2.72. The number of primary amides is 1. The summed E-state index contributed by atoms with van der Waals surface area (Å²) < 4.78 is 0. The van der Waals surface area contributed by atoms with E-state index in [-0.39, 0.29) is 23.1 Å². The lowest BCUT2D eigenvalue weighted by molar-refractivity contribution is -0.131. The molecule has 2 amide bonds. The van der Waals surface area contributed by atoms with Gasteiger partial charge in [0.25, 0.3) is 0 Å². The van der Waals surface area contributed by atoms with Crippen LogP contribution in [0.3, 0.4) is 0 Å². The molecule has 1 rings (SSSR count). The second kappa shape index (κ2) is 6.03. The zero-order valence-corrected chi connectivity index (χ0v) is 10.9. The summed E-state index contributed by atoms with van der Waals surface area (Å²) in [5.74, 6) is -0.259. The third-order valence-electron chi connectivity index (χ3n) is 3.76. The van der Waals surface area contributed by atoms with Crippen LogP contribution in [-0.4, -0.2) is 18.4 Å². The SMILES string of the molecule is CCCNC(=O)C1(CCC)CCC(C(N)=O)C1. The second-order valence-corrected chi connectivity index (χ2v) is 5.13. The van der Waals surface area contributed by atoms with E-state index in [9.17, 15) is 9.59 Å². The summed E-state index contributed by atoms with van der Waals surface area (Å²) in [5, 5.41) is 2.97. The van der Waals surface area contributed by atoms with E-state index >= 15 is 0 Å². The van der Waals surface area contributed by atoms with Gasteiger partial charge in [-0.3, -0.25) is 9.59 Å². The highest BCUT2D eigenvalue weighted by molar-refractivity contribution is 5.85. The Bertz CT molecular complexity index is 291. The minimum atomic E-state index is -0.344. The van der Waals surface area contributed by atoms with Gasteiger partial charge in [-0.15, -0.1) is 0 Å². The third kappa shape index (κ3) is 3.20. The van der Waals surface area contributed by atoms with Crippen LogP contribution in [0.25, 0.3) is 0 Å². The van der Waals surface area contributed by atoms with Crippen molar-refractivity contribution in [2.75, 3.05) is 6.54 Å². The number of hydrogen-bond acceptors (Lipinski definition) is 2. The number of carbonyl (C=O) groups is 2. The minimum absolute atomic E-state index is 0.116. The van der Waals surface area contributed by atoms with Crippen molar-refractivity contribution >= 4 is 11.8 Å². The van der Waals surface area contributed by atoms with E-state index < -0.39 is 0 Å². The monoisotopic (exact) mass is 240 g/mol. The molecule has 1 aliphatic rings. The van der Waals surface area contributed by atoms with Gasteiger partial charge in [0.2, 0.25) is 11.8 Å². The van der Waals surface area contributed by atoms with Gasteiger partial charge in [-0.25, -0.2) is 0 Å². The molecule has 0 bridgehead atoms. The van der Waals surface area contributed by atoms with Crippen molar-refractivity contribution in [2.45, 2.75) is 52.4 Å². The van der Waals surface area contributed by atoms with Gasteiger partial charge in [0.15, 0.2) is 0 Å². The molecule has 2 atom stereocenters. The van der Waals surface area contributed by atoms with Crippen LogP contribution in [0.4, 0.5) is 0 Å². The molecular weight excluding hydrogens is 216 g/mol. The summed E-state index contributed by atoms with van der Waals surface area (Å²) in [5.41, 5.74) is 5.00. The molecule has 4 nitrogen and oxygen atoms in total. The number of hydrogen-bond donors (Lipinski definition) is 2. The Morgan fingerprint density at radius 3 is 2.53 bits per heavy atom. The van der Waals surface area contributed by atoms with Crippen LogP contribution in [0.1, 0.15) is 52.4 Å². The minimum Gasteiger partial charge on any atom is -0.369 e. The van der Waals surface area contributed by atoms with Crippen molar-refractivity contribution in [3.8, 4) is 0 Å². The van der Waals surface area contributed by atoms with Crippen LogP contribution >= 0.6 is 0 Å². The van der Waals surface area contributed by atoms with Gasteiger partial charge >= 0.3 is 0 Å². The lowest BCUT2D eigenvalue weighted by atomic mass is 9.80. The largest absolute Gasteiger partial charge is 0.369 e. The van der Waals surface area contributed by atoms with Gasteiger partial charge in [0.05, 0.1) is 0 Å². The lowest BCUT2D eigenvalue weighted by Gasteiger charge is -2.27. The van der Waals surface area contributed by atoms with Crippen molar-refractivity contribution in [1.82, 2.24) is 5.32 Å². The van der Waals surface area contributed by atoms with E-state index in [1.54, 1.807) is 0 Å². The van der Waals surface area contributed by atoms with Crippen molar-refractivity contribution in [3.05, 3.63) is 0 Å². The highest BCUT2D eigenvalue weighted by Gasteiger charge is 2.45. The van der Waals surface area contributed by atoms with Crippen LogP contribution in [0.15, 0.2) is 0 Å². The van der Waals surface area contributed by atoms with E-state index in [2.05, 4.69) is 12.2 Å². The number of nitrogens with one attached hydrogen (secondary N) is 1. The highest BCUT2D eigenvalue weighted by Crippen LogP contribution is 2.45. The van der Waals surface area contributed by atoms with Gasteiger partial charge in [-0.1, -0.05) is 20.3 Å². The molecule has 0 saturated heterocycles. The van der Waals surface area contributed by atoms with Crippen molar-refractivity contribution < 1.29 is 9.59 Å². The first-order valence-electron chi connectivity index (χ1n) is 6.63. The maximum atomic E-state index is 12.2. The standard InChI is InChI=1S/C13H24N2O2/c1-3-6-13(12(17)15-8-4-2)7-5-10(9-13)11(14)16/h10H,3-9H2,1-2H3,(H2,14,16)(H,15,17). The maximum absolute atomic E-state index is 12.2. The fourth-order valence-electron chi connectivity index (χ4n) is 2.82. The van der Waals surface area contributed by atoms with Crippen LogP contribution in [0.5, 0.6) is 0 Å². The summed E-state index contributed by atoms with van der Waals surface area (Å²) in [6.07, 6.45) is 4.94. The molecule has 0 radical (unpaired) electrons. The molecule has 2 unspecified atom stereocenters. The number of nitrogens with two attached hydrogens (primary N) is 1. The summed E-state index contributed by atoms with van der Waals surface area (Å²) in [6.45, 7) is 4.83. The number of amides is 2. The summed E-state index contributed by atoms with van der Waals surface area (Å²) in [6, 6.07) is 0. The normalized spacial score (nSPS) is 28.0. The van der Waals surface area contributed by atoms with E-state index in [0.717, 1.165) is 32.1 Å². The topological polar surface area (TPSA) is 72.2 Å². The zero-order chi connectivity index (χ0) is 12.9. The second-order valence-electron chi connectivity index (χ2n) is 5.13. The average molecular weight is 240 g/mol. The molecule has 4 heteroatoms. The Morgan fingerprint density at radius 2 is 2.06 bits per heavy atom. The molecule has 0 aromatic carbocycles. The summed E-state index contributed by atoms with van der Waals surface area (Å²) >= 11 is 0. The van der Waals surface area contributed by atoms with Crippen LogP contribution in [0.2, 0.25) is 0 Å². The molecule has 0 aromatic rings. The van der Waals surface area contributed by atoms with Crippen LogP contribution in [0, 0.1) is 11.3 Å². The van der Waals surface area contributed by atoms with Crippen molar-refractivity contribution in [1.29, 1.82) is 0 Å². The molecule has 0 aromatic heterocycles. The zero-order valence-electron chi connectivity index (χ0n) is 10.9. The highest BCUT2D eigenvalue weighted by atomic mass is 16.2. The molecule has 1 saturated carbocycles. The smallest absolute Gasteiger partial charge is 0.226 e. The number of rotatable bonds is 6. The molecule has 1 aliphatic carbocycles. The van der Waals surface area contributed by atoms with Gasteiger partial charge in [0, 0.05) is 17.9 Å². The van der Waals surface area contributed by atoms with E-state index in [0.29, 0.717) is 13.0 Å². The van der Waals surface area contributed by atoms with Crippen molar-refractivity contribution in [3.63, 3.8) is 0 Å². The Hall–Kier alpha value is -1.06.